The molecular formula is C15H14N2O3S2. The summed E-state index contributed by atoms with van der Waals surface area (Å²) in [4.78, 5) is 5.72. The first-order valence-electron chi connectivity index (χ1n) is 6.59. The molecule has 0 amide bonds. The van der Waals surface area contributed by atoms with Crippen LogP contribution in [0.5, 0.6) is 11.5 Å². The normalized spacial score (nSPS) is 21.3. The van der Waals surface area contributed by atoms with E-state index in [4.69, 9.17) is 12.2 Å². The SMILES string of the molecule is Oc1ccc(C2(O)CSC(=S)N2Cc2cccnc2)c(O)c1. The second-order valence-corrected chi connectivity index (χ2v) is 6.63. The molecule has 1 fully saturated rings. The highest BCUT2D eigenvalue weighted by atomic mass is 32.2. The third-order valence-corrected chi connectivity index (χ3v) is 5.13. The number of thiocarbonyl (C=S) groups is 1. The van der Waals surface area contributed by atoms with Crippen LogP contribution in [0.1, 0.15) is 11.1 Å². The van der Waals surface area contributed by atoms with E-state index < -0.39 is 5.72 Å². The highest BCUT2D eigenvalue weighted by Gasteiger charge is 2.45. The van der Waals surface area contributed by atoms with Gasteiger partial charge in [-0.15, -0.1) is 0 Å². The van der Waals surface area contributed by atoms with Crippen molar-refractivity contribution in [1.29, 1.82) is 0 Å². The van der Waals surface area contributed by atoms with Crippen LogP contribution in [0, 0.1) is 0 Å². The first kappa shape index (κ1) is 15.1. The maximum Gasteiger partial charge on any atom is 0.179 e. The predicted octanol–water partition coefficient (Wildman–Crippen LogP) is 2.17. The van der Waals surface area contributed by atoms with E-state index in [9.17, 15) is 15.3 Å². The van der Waals surface area contributed by atoms with Gasteiger partial charge in [0, 0.05) is 30.6 Å². The Bertz CT molecular complexity index is 711. The van der Waals surface area contributed by atoms with Gasteiger partial charge >= 0.3 is 0 Å². The van der Waals surface area contributed by atoms with E-state index >= 15 is 0 Å². The third kappa shape index (κ3) is 2.63. The fourth-order valence-corrected chi connectivity index (χ4v) is 3.82. The van der Waals surface area contributed by atoms with Crippen molar-refractivity contribution in [3.05, 3.63) is 53.9 Å². The smallest absolute Gasteiger partial charge is 0.179 e. The van der Waals surface area contributed by atoms with Crippen molar-refractivity contribution in [3.63, 3.8) is 0 Å². The van der Waals surface area contributed by atoms with Crippen molar-refractivity contribution >= 4 is 28.3 Å². The number of aromatic hydroxyl groups is 2. The van der Waals surface area contributed by atoms with Crippen LogP contribution in [0.3, 0.4) is 0 Å². The molecule has 22 heavy (non-hydrogen) atoms. The van der Waals surface area contributed by atoms with Crippen molar-refractivity contribution in [2.75, 3.05) is 5.75 Å². The molecule has 1 aliphatic heterocycles. The fourth-order valence-electron chi connectivity index (χ4n) is 2.42. The summed E-state index contributed by atoms with van der Waals surface area (Å²) in [5.41, 5.74) is -0.194. The van der Waals surface area contributed by atoms with Gasteiger partial charge in [-0.3, -0.25) is 4.98 Å². The number of hydrogen-bond donors (Lipinski definition) is 3. The van der Waals surface area contributed by atoms with Crippen LogP contribution < -0.4 is 0 Å². The summed E-state index contributed by atoms with van der Waals surface area (Å²) >= 11 is 6.69. The summed E-state index contributed by atoms with van der Waals surface area (Å²) in [6.45, 7) is 0.385. The lowest BCUT2D eigenvalue weighted by molar-refractivity contribution is -0.0524. The van der Waals surface area contributed by atoms with Gasteiger partial charge in [0.1, 0.15) is 15.8 Å². The summed E-state index contributed by atoms with van der Waals surface area (Å²) in [6.07, 6.45) is 3.39. The molecule has 1 aliphatic rings. The van der Waals surface area contributed by atoms with Crippen molar-refractivity contribution in [2.24, 2.45) is 0 Å². The summed E-state index contributed by atoms with van der Waals surface area (Å²) < 4.78 is 0.554. The molecule has 3 rings (SSSR count). The Balaban J connectivity index is 1.98. The van der Waals surface area contributed by atoms with Crippen molar-refractivity contribution in [3.8, 4) is 11.5 Å². The van der Waals surface area contributed by atoms with Gasteiger partial charge < -0.3 is 20.2 Å². The van der Waals surface area contributed by atoms with E-state index in [1.165, 1.54) is 30.0 Å². The summed E-state index contributed by atoms with van der Waals surface area (Å²) in [6, 6.07) is 7.87. The Kier molecular flexibility index (Phi) is 3.94. The molecule has 1 saturated heterocycles. The highest BCUT2D eigenvalue weighted by Crippen LogP contribution is 2.43. The first-order chi connectivity index (χ1) is 10.5. The van der Waals surface area contributed by atoms with Gasteiger partial charge in [0.25, 0.3) is 0 Å². The van der Waals surface area contributed by atoms with Crippen LogP contribution in [0.2, 0.25) is 0 Å². The summed E-state index contributed by atoms with van der Waals surface area (Å²) in [5.74, 6) is 0.0885. The van der Waals surface area contributed by atoms with Crippen molar-refractivity contribution in [1.82, 2.24) is 9.88 Å². The summed E-state index contributed by atoms with van der Waals surface area (Å²) in [7, 11) is 0. The molecule has 0 bridgehead atoms. The van der Waals surface area contributed by atoms with Crippen LogP contribution in [-0.2, 0) is 12.3 Å². The average Bonchev–Trinajstić information content (AvgIpc) is 2.77. The Morgan fingerprint density at radius 1 is 1.32 bits per heavy atom. The molecule has 1 aromatic carbocycles. The molecule has 7 heteroatoms. The number of aromatic nitrogens is 1. The molecule has 114 valence electrons. The molecule has 1 atom stereocenters. The minimum absolute atomic E-state index is 0.0584. The maximum atomic E-state index is 11.1. The van der Waals surface area contributed by atoms with Crippen LogP contribution in [0.15, 0.2) is 42.7 Å². The van der Waals surface area contributed by atoms with Gasteiger partial charge in [0.05, 0.1) is 5.75 Å². The Morgan fingerprint density at radius 2 is 2.14 bits per heavy atom. The molecule has 2 heterocycles. The minimum atomic E-state index is -1.42. The number of pyridine rings is 1. The molecule has 3 N–H and O–H groups in total. The number of rotatable bonds is 3. The maximum absolute atomic E-state index is 11.1. The Labute approximate surface area is 137 Å². The molecule has 1 aromatic heterocycles. The van der Waals surface area contributed by atoms with E-state index in [0.717, 1.165) is 5.56 Å². The summed E-state index contributed by atoms with van der Waals surface area (Å²) in [5, 5.41) is 30.6. The van der Waals surface area contributed by atoms with Gasteiger partial charge in [-0.1, -0.05) is 30.0 Å². The van der Waals surface area contributed by atoms with E-state index in [1.54, 1.807) is 17.3 Å². The van der Waals surface area contributed by atoms with Crippen LogP contribution >= 0.6 is 24.0 Å². The molecule has 0 aliphatic carbocycles. The molecule has 1 unspecified atom stereocenters. The van der Waals surface area contributed by atoms with Crippen LogP contribution in [0.25, 0.3) is 0 Å². The highest BCUT2D eigenvalue weighted by molar-refractivity contribution is 8.23. The second-order valence-electron chi connectivity index (χ2n) is 5.02. The topological polar surface area (TPSA) is 76.8 Å². The van der Waals surface area contributed by atoms with Gasteiger partial charge in [-0.25, -0.2) is 0 Å². The number of benzene rings is 1. The average molecular weight is 334 g/mol. The zero-order valence-corrected chi connectivity index (χ0v) is 13.1. The van der Waals surface area contributed by atoms with Crippen LogP contribution in [-0.4, -0.2) is 35.3 Å². The van der Waals surface area contributed by atoms with Gasteiger partial charge in [-0.2, -0.15) is 0 Å². The first-order valence-corrected chi connectivity index (χ1v) is 7.98. The quantitative estimate of drug-likeness (QED) is 0.743. The number of phenols is 2. The number of thioether (sulfide) groups is 1. The molecule has 0 saturated carbocycles. The van der Waals surface area contributed by atoms with Crippen LogP contribution in [0.4, 0.5) is 0 Å². The van der Waals surface area contributed by atoms with Crippen molar-refractivity contribution in [2.45, 2.75) is 12.3 Å². The van der Waals surface area contributed by atoms with Gasteiger partial charge in [0.15, 0.2) is 5.72 Å². The Morgan fingerprint density at radius 3 is 2.82 bits per heavy atom. The lowest BCUT2D eigenvalue weighted by Gasteiger charge is -2.34. The monoisotopic (exact) mass is 334 g/mol. The fraction of sp³-hybridized carbons (Fsp3) is 0.200. The Hall–Kier alpha value is -1.83. The zero-order valence-electron chi connectivity index (χ0n) is 11.5. The molecule has 5 nitrogen and oxygen atoms in total. The third-order valence-electron chi connectivity index (χ3n) is 3.54. The number of nitrogens with zero attached hydrogens (tertiary/aromatic N) is 2. The molecular weight excluding hydrogens is 320 g/mol. The number of phenolic OH excluding ortho intramolecular Hbond substituents is 2. The van der Waals surface area contributed by atoms with E-state index in [1.807, 2.05) is 12.1 Å². The minimum Gasteiger partial charge on any atom is -0.508 e. The van der Waals surface area contributed by atoms with E-state index in [2.05, 4.69) is 4.98 Å². The van der Waals surface area contributed by atoms with Gasteiger partial charge in [0.2, 0.25) is 0 Å². The number of hydrogen-bond acceptors (Lipinski definition) is 6. The lowest BCUT2D eigenvalue weighted by Crippen LogP contribution is -2.44. The zero-order chi connectivity index (χ0) is 15.7. The molecule has 2 aromatic rings. The number of aliphatic hydroxyl groups is 1. The largest absolute Gasteiger partial charge is 0.508 e. The van der Waals surface area contributed by atoms with Gasteiger partial charge in [-0.05, 0) is 23.8 Å². The molecule has 0 radical (unpaired) electrons. The molecule has 0 spiro atoms. The standard InChI is InChI=1S/C15H14N2O3S2/c18-11-3-4-12(13(19)6-11)15(20)9-22-14(21)17(15)8-10-2-1-5-16-7-10/h1-7,18-20H,8-9H2. The predicted molar refractivity (Wildman–Crippen MR) is 88.5 cm³/mol. The van der Waals surface area contributed by atoms with E-state index in [0.29, 0.717) is 22.2 Å². The van der Waals surface area contributed by atoms with E-state index in [-0.39, 0.29) is 11.5 Å². The lowest BCUT2D eigenvalue weighted by atomic mass is 10.0. The second kappa shape index (κ2) is 5.75. The van der Waals surface area contributed by atoms with Crippen molar-refractivity contribution < 1.29 is 15.3 Å².